The lowest BCUT2D eigenvalue weighted by atomic mass is 10.2. The number of nitrogens with zero attached hydrogens (tertiary/aromatic N) is 2. The Labute approximate surface area is 115 Å². The lowest BCUT2D eigenvalue weighted by Gasteiger charge is -2.15. The van der Waals surface area contributed by atoms with E-state index in [4.69, 9.17) is 5.73 Å². The predicted molar refractivity (Wildman–Crippen MR) is 78.8 cm³/mol. The number of rotatable bonds is 6. The van der Waals surface area contributed by atoms with Crippen LogP contribution in [0.1, 0.15) is 0 Å². The van der Waals surface area contributed by atoms with E-state index in [0.717, 1.165) is 18.8 Å². The second-order valence-corrected chi connectivity index (χ2v) is 6.92. The molecule has 0 heterocycles. The molecule has 0 fully saturated rings. The molecule has 0 aliphatic rings. The van der Waals surface area contributed by atoms with Gasteiger partial charge in [-0.3, -0.25) is 0 Å². The maximum absolute atomic E-state index is 11.9. The average Bonchev–Trinajstić information content (AvgIpc) is 2.30. The molecule has 0 aliphatic carbocycles. The Morgan fingerprint density at radius 1 is 1.21 bits per heavy atom. The Bertz CT molecular complexity index is 527. The first-order valence-electron chi connectivity index (χ1n) is 5.96. The molecule has 7 heteroatoms. The zero-order chi connectivity index (χ0) is 14.6. The van der Waals surface area contributed by atoms with Crippen molar-refractivity contribution >= 4 is 21.4 Å². The molecule has 0 saturated carbocycles. The molecule has 108 valence electrons. The summed E-state index contributed by atoms with van der Waals surface area (Å²) in [5.74, 6) is 0. The van der Waals surface area contributed by atoms with E-state index >= 15 is 0 Å². The Kier molecular flexibility index (Phi) is 5.16. The molecule has 3 N–H and O–H groups in total. The zero-order valence-corrected chi connectivity index (χ0v) is 12.7. The lowest BCUT2D eigenvalue weighted by Crippen LogP contribution is -2.23. The smallest absolute Gasteiger partial charge is 0.242 e. The maximum atomic E-state index is 11.9. The van der Waals surface area contributed by atoms with Gasteiger partial charge in [0.25, 0.3) is 0 Å². The molecule has 1 aromatic rings. The fourth-order valence-corrected chi connectivity index (χ4v) is 2.42. The Morgan fingerprint density at radius 2 is 1.84 bits per heavy atom. The number of hydrogen-bond acceptors (Lipinski definition) is 5. The average molecular weight is 286 g/mol. The largest absolute Gasteiger partial charge is 0.397 e. The van der Waals surface area contributed by atoms with Crippen molar-refractivity contribution in [3.05, 3.63) is 18.2 Å². The van der Waals surface area contributed by atoms with Gasteiger partial charge >= 0.3 is 0 Å². The molecule has 19 heavy (non-hydrogen) atoms. The van der Waals surface area contributed by atoms with Crippen molar-refractivity contribution in [2.75, 3.05) is 52.3 Å². The van der Waals surface area contributed by atoms with Gasteiger partial charge in [-0.1, -0.05) is 0 Å². The molecule has 1 aromatic carbocycles. The standard InChI is InChI=1S/C12H22N4O2S/c1-15(2)8-7-14-12-6-5-10(9-11(12)13)19(17,18)16(3)4/h5-6,9,14H,7-8,13H2,1-4H3. The molecule has 0 atom stereocenters. The zero-order valence-electron chi connectivity index (χ0n) is 11.8. The predicted octanol–water partition coefficient (Wildman–Crippen LogP) is 0.493. The van der Waals surface area contributed by atoms with Crippen LogP contribution in [0.3, 0.4) is 0 Å². The number of nitrogens with one attached hydrogen (secondary N) is 1. The summed E-state index contributed by atoms with van der Waals surface area (Å²) >= 11 is 0. The highest BCUT2D eigenvalue weighted by atomic mass is 32.2. The van der Waals surface area contributed by atoms with E-state index in [0.29, 0.717) is 5.69 Å². The summed E-state index contributed by atoms with van der Waals surface area (Å²) in [7, 11) is 3.52. The monoisotopic (exact) mass is 286 g/mol. The Hall–Kier alpha value is -1.31. The van der Waals surface area contributed by atoms with E-state index in [1.807, 2.05) is 19.0 Å². The van der Waals surface area contributed by atoms with Crippen molar-refractivity contribution in [1.82, 2.24) is 9.21 Å². The first-order chi connectivity index (χ1) is 8.75. The minimum absolute atomic E-state index is 0.202. The molecule has 6 nitrogen and oxygen atoms in total. The third kappa shape index (κ3) is 4.09. The van der Waals surface area contributed by atoms with E-state index in [1.54, 1.807) is 12.1 Å². The number of hydrogen-bond donors (Lipinski definition) is 2. The molecule has 0 saturated heterocycles. The van der Waals surface area contributed by atoms with Crippen LogP contribution in [0.4, 0.5) is 11.4 Å². The van der Waals surface area contributed by atoms with Crippen molar-refractivity contribution in [3.63, 3.8) is 0 Å². The third-order valence-electron chi connectivity index (χ3n) is 2.68. The van der Waals surface area contributed by atoms with Crippen molar-refractivity contribution in [1.29, 1.82) is 0 Å². The van der Waals surface area contributed by atoms with E-state index in [9.17, 15) is 8.42 Å². The second-order valence-electron chi connectivity index (χ2n) is 4.77. The Balaban J connectivity index is 2.86. The summed E-state index contributed by atoms with van der Waals surface area (Å²) in [5.41, 5.74) is 7.06. The highest BCUT2D eigenvalue weighted by molar-refractivity contribution is 7.89. The number of likely N-dealkylation sites (N-methyl/N-ethyl adjacent to an activating group) is 1. The van der Waals surface area contributed by atoms with Crippen molar-refractivity contribution in [2.24, 2.45) is 0 Å². The summed E-state index contributed by atoms with van der Waals surface area (Å²) in [6.45, 7) is 1.62. The first-order valence-corrected chi connectivity index (χ1v) is 7.40. The molecule has 0 bridgehead atoms. The van der Waals surface area contributed by atoms with Gasteiger partial charge in [0.05, 0.1) is 16.3 Å². The SMILES string of the molecule is CN(C)CCNc1ccc(S(=O)(=O)N(C)C)cc1N. The van der Waals surface area contributed by atoms with E-state index in [1.165, 1.54) is 24.5 Å². The molecule has 0 aromatic heterocycles. The molecule has 0 aliphatic heterocycles. The molecule has 0 spiro atoms. The van der Waals surface area contributed by atoms with E-state index in [2.05, 4.69) is 5.32 Å². The minimum Gasteiger partial charge on any atom is -0.397 e. The number of nitrogen functional groups attached to an aromatic ring is 1. The highest BCUT2D eigenvalue weighted by Gasteiger charge is 2.17. The van der Waals surface area contributed by atoms with Crippen molar-refractivity contribution < 1.29 is 8.42 Å². The van der Waals surface area contributed by atoms with Gasteiger partial charge in [0.1, 0.15) is 0 Å². The number of nitrogens with two attached hydrogens (primary N) is 1. The number of benzene rings is 1. The maximum Gasteiger partial charge on any atom is 0.242 e. The van der Waals surface area contributed by atoms with Crippen LogP contribution in [-0.2, 0) is 10.0 Å². The molecule has 1 rings (SSSR count). The summed E-state index contributed by atoms with van der Waals surface area (Å²) in [4.78, 5) is 2.25. The van der Waals surface area contributed by atoms with Gasteiger partial charge in [-0.25, -0.2) is 12.7 Å². The molecule has 0 radical (unpaired) electrons. The molecular weight excluding hydrogens is 264 g/mol. The van der Waals surface area contributed by atoms with E-state index < -0.39 is 10.0 Å². The van der Waals surface area contributed by atoms with Gasteiger partial charge in [-0.05, 0) is 32.3 Å². The van der Waals surface area contributed by atoms with E-state index in [-0.39, 0.29) is 4.90 Å². The second kappa shape index (κ2) is 6.23. The summed E-state index contributed by atoms with van der Waals surface area (Å²) in [5, 5.41) is 3.18. The van der Waals surface area contributed by atoms with Crippen LogP contribution < -0.4 is 11.1 Å². The van der Waals surface area contributed by atoms with Gasteiger partial charge in [-0.15, -0.1) is 0 Å². The Morgan fingerprint density at radius 3 is 2.32 bits per heavy atom. The fraction of sp³-hybridized carbons (Fsp3) is 0.500. The number of anilines is 2. The van der Waals surface area contributed by atoms with Crippen LogP contribution in [0.2, 0.25) is 0 Å². The van der Waals surface area contributed by atoms with Gasteiger partial charge in [0.15, 0.2) is 0 Å². The first kappa shape index (κ1) is 15.7. The molecule has 0 amide bonds. The van der Waals surface area contributed by atoms with Crippen LogP contribution in [0.25, 0.3) is 0 Å². The molecule has 0 unspecified atom stereocenters. The van der Waals surface area contributed by atoms with Crippen LogP contribution in [0, 0.1) is 0 Å². The van der Waals surface area contributed by atoms with Gasteiger partial charge in [0, 0.05) is 27.2 Å². The van der Waals surface area contributed by atoms with Crippen molar-refractivity contribution in [3.8, 4) is 0 Å². The minimum atomic E-state index is -3.43. The van der Waals surface area contributed by atoms with Gasteiger partial charge in [0.2, 0.25) is 10.0 Å². The highest BCUT2D eigenvalue weighted by Crippen LogP contribution is 2.23. The fourth-order valence-electron chi connectivity index (χ4n) is 1.49. The topological polar surface area (TPSA) is 78.7 Å². The molecular formula is C12H22N4O2S. The summed E-state index contributed by atoms with van der Waals surface area (Å²) < 4.78 is 25.1. The quantitative estimate of drug-likeness (QED) is 0.744. The number of sulfonamides is 1. The summed E-state index contributed by atoms with van der Waals surface area (Å²) in [6, 6.07) is 4.73. The van der Waals surface area contributed by atoms with Crippen molar-refractivity contribution in [2.45, 2.75) is 4.90 Å². The van der Waals surface area contributed by atoms with Gasteiger partial charge < -0.3 is 16.0 Å². The normalized spacial score (nSPS) is 12.1. The van der Waals surface area contributed by atoms with Gasteiger partial charge in [-0.2, -0.15) is 0 Å². The summed E-state index contributed by atoms with van der Waals surface area (Å²) in [6.07, 6.45) is 0. The van der Waals surface area contributed by atoms with Crippen LogP contribution >= 0.6 is 0 Å². The van der Waals surface area contributed by atoms with Crippen LogP contribution in [0.15, 0.2) is 23.1 Å². The van der Waals surface area contributed by atoms with Crippen LogP contribution in [-0.4, -0.2) is 58.9 Å². The third-order valence-corrected chi connectivity index (χ3v) is 4.49. The van der Waals surface area contributed by atoms with Crippen LogP contribution in [0.5, 0.6) is 0 Å². The lowest BCUT2D eigenvalue weighted by molar-refractivity contribution is 0.425.